The molecule has 2 rings (SSSR count). The van der Waals surface area contributed by atoms with Crippen molar-refractivity contribution in [3.63, 3.8) is 0 Å². The second kappa shape index (κ2) is 8.73. The molecule has 2 N–H and O–H groups in total. The van der Waals surface area contributed by atoms with Gasteiger partial charge in [0.15, 0.2) is 0 Å². The number of methoxy groups -OCH3 is 1. The molecule has 7 nitrogen and oxygen atoms in total. The van der Waals surface area contributed by atoms with Gasteiger partial charge in [0, 0.05) is 37.6 Å². The smallest absolute Gasteiger partial charge is 0.337 e. The fourth-order valence-electron chi connectivity index (χ4n) is 1.96. The standard InChI is InChI=1S/C17H20N4O3/c1-12-9-20-15(11-19-12)10-18-8-7-16(22)21-14-5-3-13(4-6-14)17(23)24-2/h3-6,9,11,18H,7-8,10H2,1-2H3,(H,21,22). The number of rotatable bonds is 7. The van der Waals surface area contributed by atoms with Crippen molar-refractivity contribution in [2.24, 2.45) is 0 Å². The third-order valence-corrected chi connectivity index (χ3v) is 3.26. The number of carbonyl (C=O) groups is 2. The van der Waals surface area contributed by atoms with Crippen LogP contribution in [0.15, 0.2) is 36.7 Å². The second-order valence-electron chi connectivity index (χ2n) is 5.19. The lowest BCUT2D eigenvalue weighted by Crippen LogP contribution is -2.22. The van der Waals surface area contributed by atoms with Gasteiger partial charge in [-0.15, -0.1) is 0 Å². The molecule has 0 aliphatic rings. The Morgan fingerprint density at radius 1 is 1.12 bits per heavy atom. The summed E-state index contributed by atoms with van der Waals surface area (Å²) in [5.41, 5.74) is 2.78. The van der Waals surface area contributed by atoms with Gasteiger partial charge in [-0.1, -0.05) is 0 Å². The van der Waals surface area contributed by atoms with Crippen LogP contribution in [0.4, 0.5) is 5.69 Å². The monoisotopic (exact) mass is 328 g/mol. The first-order chi connectivity index (χ1) is 11.6. The number of aryl methyl sites for hydroxylation is 1. The molecule has 0 bridgehead atoms. The minimum atomic E-state index is -0.406. The summed E-state index contributed by atoms with van der Waals surface area (Å²) < 4.78 is 4.62. The number of hydrogen-bond acceptors (Lipinski definition) is 6. The lowest BCUT2D eigenvalue weighted by atomic mass is 10.2. The van der Waals surface area contributed by atoms with Crippen molar-refractivity contribution in [2.45, 2.75) is 19.9 Å². The molecule has 24 heavy (non-hydrogen) atoms. The third kappa shape index (κ3) is 5.44. The topological polar surface area (TPSA) is 93.2 Å². The van der Waals surface area contributed by atoms with Crippen molar-refractivity contribution in [1.82, 2.24) is 15.3 Å². The van der Waals surface area contributed by atoms with E-state index in [-0.39, 0.29) is 5.91 Å². The summed E-state index contributed by atoms with van der Waals surface area (Å²) in [6, 6.07) is 6.55. The van der Waals surface area contributed by atoms with Crippen LogP contribution >= 0.6 is 0 Å². The van der Waals surface area contributed by atoms with E-state index in [1.54, 1.807) is 36.7 Å². The van der Waals surface area contributed by atoms with E-state index in [2.05, 4.69) is 25.3 Å². The Labute approximate surface area is 140 Å². The van der Waals surface area contributed by atoms with Crippen LogP contribution in [-0.2, 0) is 16.1 Å². The maximum atomic E-state index is 11.9. The van der Waals surface area contributed by atoms with Crippen molar-refractivity contribution in [3.8, 4) is 0 Å². The molecule has 1 heterocycles. The van der Waals surface area contributed by atoms with Gasteiger partial charge in [-0.05, 0) is 31.2 Å². The minimum Gasteiger partial charge on any atom is -0.465 e. The van der Waals surface area contributed by atoms with Crippen molar-refractivity contribution < 1.29 is 14.3 Å². The second-order valence-corrected chi connectivity index (χ2v) is 5.19. The van der Waals surface area contributed by atoms with Crippen LogP contribution in [0.3, 0.4) is 0 Å². The average Bonchev–Trinajstić information content (AvgIpc) is 2.60. The molecule has 0 radical (unpaired) electrons. The number of ether oxygens (including phenoxy) is 1. The Bertz CT molecular complexity index is 684. The summed E-state index contributed by atoms with van der Waals surface area (Å²) in [6.45, 7) is 2.97. The summed E-state index contributed by atoms with van der Waals surface area (Å²) in [7, 11) is 1.33. The molecule has 1 aromatic heterocycles. The summed E-state index contributed by atoms with van der Waals surface area (Å²) in [5, 5.41) is 5.92. The molecule has 1 aromatic carbocycles. The first kappa shape index (κ1) is 17.6. The number of nitrogens with zero attached hydrogens (tertiary/aromatic N) is 2. The first-order valence-electron chi connectivity index (χ1n) is 7.55. The molecule has 126 valence electrons. The summed E-state index contributed by atoms with van der Waals surface area (Å²) in [6.07, 6.45) is 3.75. The number of carbonyl (C=O) groups excluding carboxylic acids is 2. The predicted octanol–water partition coefficient (Wildman–Crippen LogP) is 1.69. The number of amides is 1. The third-order valence-electron chi connectivity index (χ3n) is 3.26. The maximum Gasteiger partial charge on any atom is 0.337 e. The molecule has 0 saturated heterocycles. The molecule has 0 aliphatic heterocycles. The zero-order valence-corrected chi connectivity index (χ0v) is 13.7. The number of aromatic nitrogens is 2. The van der Waals surface area contributed by atoms with Crippen LogP contribution in [0.25, 0.3) is 0 Å². The zero-order chi connectivity index (χ0) is 17.4. The lowest BCUT2D eigenvalue weighted by Gasteiger charge is -2.07. The Hall–Kier alpha value is -2.80. The Morgan fingerprint density at radius 3 is 2.50 bits per heavy atom. The first-order valence-corrected chi connectivity index (χ1v) is 7.55. The van der Waals surface area contributed by atoms with Crippen LogP contribution in [-0.4, -0.2) is 35.5 Å². The molecular formula is C17H20N4O3. The van der Waals surface area contributed by atoms with Gasteiger partial charge in [0.2, 0.25) is 5.91 Å². The van der Waals surface area contributed by atoms with E-state index in [4.69, 9.17) is 0 Å². The van der Waals surface area contributed by atoms with E-state index in [1.165, 1.54) is 7.11 Å². The van der Waals surface area contributed by atoms with Crippen LogP contribution in [0, 0.1) is 6.92 Å². The van der Waals surface area contributed by atoms with E-state index < -0.39 is 5.97 Å². The highest BCUT2D eigenvalue weighted by Gasteiger charge is 2.06. The number of esters is 1. The van der Waals surface area contributed by atoms with Gasteiger partial charge < -0.3 is 15.4 Å². The summed E-state index contributed by atoms with van der Waals surface area (Å²) in [5.74, 6) is -0.514. The Balaban J connectivity index is 1.71. The molecule has 7 heteroatoms. The van der Waals surface area contributed by atoms with Gasteiger partial charge in [-0.25, -0.2) is 4.79 Å². The van der Waals surface area contributed by atoms with Gasteiger partial charge >= 0.3 is 5.97 Å². The van der Waals surface area contributed by atoms with Gasteiger partial charge in [0.05, 0.1) is 24.1 Å². The van der Waals surface area contributed by atoms with Gasteiger partial charge in [0.1, 0.15) is 0 Å². The number of hydrogen-bond donors (Lipinski definition) is 2. The number of anilines is 1. The van der Waals surface area contributed by atoms with E-state index in [1.807, 2.05) is 6.92 Å². The molecule has 0 saturated carbocycles. The normalized spacial score (nSPS) is 10.2. The predicted molar refractivity (Wildman–Crippen MR) is 89.5 cm³/mol. The van der Waals surface area contributed by atoms with Crippen LogP contribution in [0.5, 0.6) is 0 Å². The molecule has 0 atom stereocenters. The largest absolute Gasteiger partial charge is 0.465 e. The van der Waals surface area contributed by atoms with Crippen molar-refractivity contribution in [3.05, 3.63) is 53.6 Å². The Kier molecular flexibility index (Phi) is 6.39. The number of benzene rings is 1. The highest BCUT2D eigenvalue weighted by Crippen LogP contribution is 2.10. The van der Waals surface area contributed by atoms with Crippen molar-refractivity contribution >= 4 is 17.6 Å². The van der Waals surface area contributed by atoms with E-state index >= 15 is 0 Å². The highest BCUT2D eigenvalue weighted by atomic mass is 16.5. The van der Waals surface area contributed by atoms with Crippen molar-refractivity contribution in [1.29, 1.82) is 0 Å². The van der Waals surface area contributed by atoms with Crippen LogP contribution < -0.4 is 10.6 Å². The van der Waals surface area contributed by atoms with Gasteiger partial charge in [-0.3, -0.25) is 14.8 Å². The quantitative estimate of drug-likeness (QED) is 0.593. The fraction of sp³-hybridized carbons (Fsp3) is 0.294. The molecule has 0 spiro atoms. The molecule has 1 amide bonds. The summed E-state index contributed by atoms with van der Waals surface area (Å²) >= 11 is 0. The summed E-state index contributed by atoms with van der Waals surface area (Å²) in [4.78, 5) is 31.6. The zero-order valence-electron chi connectivity index (χ0n) is 13.7. The van der Waals surface area contributed by atoms with E-state index in [0.29, 0.717) is 30.8 Å². The SMILES string of the molecule is COC(=O)c1ccc(NC(=O)CCNCc2cnc(C)cn2)cc1. The van der Waals surface area contributed by atoms with Gasteiger partial charge in [-0.2, -0.15) is 0 Å². The molecule has 0 aliphatic carbocycles. The fourth-order valence-corrected chi connectivity index (χ4v) is 1.96. The molecular weight excluding hydrogens is 308 g/mol. The number of nitrogens with one attached hydrogen (secondary N) is 2. The average molecular weight is 328 g/mol. The van der Waals surface area contributed by atoms with E-state index in [0.717, 1.165) is 11.4 Å². The van der Waals surface area contributed by atoms with Crippen molar-refractivity contribution in [2.75, 3.05) is 19.0 Å². The maximum absolute atomic E-state index is 11.9. The molecule has 0 unspecified atom stereocenters. The van der Waals surface area contributed by atoms with Crippen LogP contribution in [0.2, 0.25) is 0 Å². The van der Waals surface area contributed by atoms with Crippen LogP contribution in [0.1, 0.15) is 28.2 Å². The Morgan fingerprint density at radius 2 is 1.88 bits per heavy atom. The minimum absolute atomic E-state index is 0.108. The molecule has 2 aromatic rings. The lowest BCUT2D eigenvalue weighted by molar-refractivity contribution is -0.116. The van der Waals surface area contributed by atoms with Gasteiger partial charge in [0.25, 0.3) is 0 Å². The van der Waals surface area contributed by atoms with E-state index in [9.17, 15) is 9.59 Å². The highest BCUT2D eigenvalue weighted by molar-refractivity contribution is 5.93. The molecule has 0 fully saturated rings.